The summed E-state index contributed by atoms with van der Waals surface area (Å²) >= 11 is 1.70. The zero-order chi connectivity index (χ0) is 20.6. The first kappa shape index (κ1) is 20.7. The van der Waals surface area contributed by atoms with Crippen LogP contribution in [0.15, 0.2) is 23.1 Å². The van der Waals surface area contributed by atoms with Crippen LogP contribution >= 0.6 is 11.8 Å². The summed E-state index contributed by atoms with van der Waals surface area (Å²) in [6.07, 6.45) is 1.05. The quantitative estimate of drug-likeness (QED) is 0.439. The molecule has 2 aliphatic rings. The molecule has 2 fully saturated rings. The lowest BCUT2D eigenvalue weighted by Gasteiger charge is -2.28. The molecule has 7 nitrogen and oxygen atoms in total. The van der Waals surface area contributed by atoms with Crippen molar-refractivity contribution >= 4 is 29.5 Å². The Hall–Kier alpha value is -2.06. The third-order valence-electron chi connectivity index (χ3n) is 5.63. The number of carbonyl (C=O) groups is 3. The second-order valence-electron chi connectivity index (χ2n) is 7.31. The smallest absolute Gasteiger partial charge is 0.326 e. The molecule has 1 aromatic rings. The number of amides is 2. The highest BCUT2D eigenvalue weighted by atomic mass is 32.2. The van der Waals surface area contributed by atoms with Gasteiger partial charge in [0.25, 0.3) is 0 Å². The number of ether oxygens (including phenoxy) is 2. The van der Waals surface area contributed by atoms with E-state index in [1.54, 1.807) is 25.8 Å². The second kappa shape index (κ2) is 7.75. The van der Waals surface area contributed by atoms with Crippen molar-refractivity contribution in [3.05, 3.63) is 23.8 Å². The monoisotopic (exact) mass is 406 g/mol. The van der Waals surface area contributed by atoms with E-state index in [0.29, 0.717) is 5.75 Å². The van der Waals surface area contributed by atoms with Crippen LogP contribution in [-0.4, -0.2) is 55.2 Å². The van der Waals surface area contributed by atoms with Crippen molar-refractivity contribution in [1.82, 2.24) is 10.2 Å². The molecular formula is C20H26N2O5S. The lowest BCUT2D eigenvalue weighted by atomic mass is 9.80. The van der Waals surface area contributed by atoms with Crippen LogP contribution < -0.4 is 10.1 Å². The van der Waals surface area contributed by atoms with Crippen molar-refractivity contribution in [2.45, 2.75) is 36.7 Å². The van der Waals surface area contributed by atoms with Crippen LogP contribution in [0.2, 0.25) is 0 Å². The average Bonchev–Trinajstić information content (AvgIpc) is 3.14. The number of hydrogen-bond acceptors (Lipinski definition) is 7. The van der Waals surface area contributed by atoms with Crippen LogP contribution in [0.3, 0.4) is 0 Å². The summed E-state index contributed by atoms with van der Waals surface area (Å²) in [5.74, 6) is -0.985. The zero-order valence-electron chi connectivity index (χ0n) is 16.8. The van der Waals surface area contributed by atoms with Crippen LogP contribution in [0.1, 0.15) is 31.9 Å². The number of fused-ring (bicyclic) bond motifs is 1. The highest BCUT2D eigenvalue weighted by Crippen LogP contribution is 2.49. The van der Waals surface area contributed by atoms with Gasteiger partial charge in [-0.3, -0.25) is 24.6 Å². The summed E-state index contributed by atoms with van der Waals surface area (Å²) in [6, 6.07) is 5.28. The molecule has 2 amide bonds. The van der Waals surface area contributed by atoms with E-state index < -0.39 is 29.4 Å². The molecule has 0 aliphatic carbocycles. The van der Waals surface area contributed by atoms with Crippen molar-refractivity contribution in [3.63, 3.8) is 0 Å². The van der Waals surface area contributed by atoms with E-state index in [0.717, 1.165) is 27.5 Å². The molecule has 28 heavy (non-hydrogen) atoms. The Balaban J connectivity index is 2.03. The molecule has 8 heteroatoms. The van der Waals surface area contributed by atoms with Crippen molar-refractivity contribution in [3.8, 4) is 5.75 Å². The molecule has 152 valence electrons. The van der Waals surface area contributed by atoms with E-state index in [9.17, 15) is 14.4 Å². The first-order valence-corrected chi connectivity index (χ1v) is 10.3. The standard InChI is InChI=1S/C20H26N2O5S/c1-6-9-28-13-8-7-11(10-12(13)26-4)16-14-15(18(24)22(3)17(14)23)20(2,21-16)19(25)27-5/h7-8,10,14-16,21H,6,9H2,1-5H3/t14-,15-,16-,20-/m1/s1. The molecule has 0 aromatic heterocycles. The Bertz CT molecular complexity index is 814. The van der Waals surface area contributed by atoms with Gasteiger partial charge < -0.3 is 9.47 Å². The molecule has 0 spiro atoms. The summed E-state index contributed by atoms with van der Waals surface area (Å²) in [4.78, 5) is 40.2. The average molecular weight is 407 g/mol. The van der Waals surface area contributed by atoms with Gasteiger partial charge in [-0.25, -0.2) is 0 Å². The van der Waals surface area contributed by atoms with Crippen LogP contribution in [0.5, 0.6) is 5.75 Å². The number of imide groups is 1. The molecule has 0 unspecified atom stereocenters. The number of benzene rings is 1. The number of hydrogen-bond donors (Lipinski definition) is 1. The second-order valence-corrected chi connectivity index (χ2v) is 8.45. The van der Waals surface area contributed by atoms with Crippen LogP contribution in [0.4, 0.5) is 0 Å². The van der Waals surface area contributed by atoms with E-state index in [1.807, 2.05) is 18.2 Å². The minimum Gasteiger partial charge on any atom is -0.496 e. The highest BCUT2D eigenvalue weighted by Gasteiger charge is 2.66. The summed E-state index contributed by atoms with van der Waals surface area (Å²) < 4.78 is 10.5. The van der Waals surface area contributed by atoms with Gasteiger partial charge >= 0.3 is 5.97 Å². The Morgan fingerprint density at radius 2 is 2.00 bits per heavy atom. The van der Waals surface area contributed by atoms with Gasteiger partial charge in [-0.1, -0.05) is 13.0 Å². The maximum Gasteiger partial charge on any atom is 0.326 e. The summed E-state index contributed by atoms with van der Waals surface area (Å²) in [5, 5.41) is 3.23. The number of esters is 1. The summed E-state index contributed by atoms with van der Waals surface area (Å²) in [5.41, 5.74) is -0.471. The molecule has 3 rings (SSSR count). The highest BCUT2D eigenvalue weighted by molar-refractivity contribution is 7.99. The fourth-order valence-electron chi connectivity index (χ4n) is 4.18. The summed E-state index contributed by atoms with van der Waals surface area (Å²) in [6.45, 7) is 3.74. The molecule has 0 saturated carbocycles. The predicted molar refractivity (Wildman–Crippen MR) is 105 cm³/mol. The number of likely N-dealkylation sites (tertiary alicyclic amines) is 1. The molecule has 2 aliphatic heterocycles. The fraction of sp³-hybridized carbons (Fsp3) is 0.550. The van der Waals surface area contributed by atoms with Gasteiger partial charge in [-0.2, -0.15) is 0 Å². The number of rotatable bonds is 6. The van der Waals surface area contributed by atoms with Crippen molar-refractivity contribution < 1.29 is 23.9 Å². The number of carbonyl (C=O) groups excluding carboxylic acids is 3. The molecular weight excluding hydrogens is 380 g/mol. The normalized spacial score (nSPS) is 29.2. The first-order valence-electron chi connectivity index (χ1n) is 9.28. The third-order valence-corrected chi connectivity index (χ3v) is 6.89. The molecule has 2 heterocycles. The van der Waals surface area contributed by atoms with E-state index in [4.69, 9.17) is 9.47 Å². The Kier molecular flexibility index (Phi) is 5.72. The van der Waals surface area contributed by atoms with Crippen LogP contribution in [0, 0.1) is 11.8 Å². The van der Waals surface area contributed by atoms with Crippen LogP contribution in [-0.2, 0) is 19.1 Å². The lowest BCUT2D eigenvalue weighted by Crippen LogP contribution is -2.53. The number of nitrogens with one attached hydrogen (secondary N) is 1. The topological polar surface area (TPSA) is 84.9 Å². The molecule has 4 atom stereocenters. The molecule has 1 N–H and O–H groups in total. The van der Waals surface area contributed by atoms with Gasteiger partial charge in [-0.15, -0.1) is 11.8 Å². The Labute approximate surface area is 169 Å². The Morgan fingerprint density at radius 1 is 1.29 bits per heavy atom. The molecule has 1 aromatic carbocycles. The minimum atomic E-state index is -1.27. The first-order chi connectivity index (χ1) is 13.3. The number of thioether (sulfide) groups is 1. The largest absolute Gasteiger partial charge is 0.496 e. The van der Waals surface area contributed by atoms with Gasteiger partial charge in [0.05, 0.1) is 26.1 Å². The van der Waals surface area contributed by atoms with Gasteiger partial charge in [0.2, 0.25) is 11.8 Å². The zero-order valence-corrected chi connectivity index (χ0v) is 17.6. The molecule has 2 saturated heterocycles. The fourth-order valence-corrected chi connectivity index (χ4v) is 5.05. The van der Waals surface area contributed by atoms with Gasteiger partial charge in [0.15, 0.2) is 0 Å². The van der Waals surface area contributed by atoms with Gasteiger partial charge in [0, 0.05) is 18.0 Å². The van der Waals surface area contributed by atoms with Crippen molar-refractivity contribution in [2.75, 3.05) is 27.0 Å². The van der Waals surface area contributed by atoms with E-state index >= 15 is 0 Å². The van der Waals surface area contributed by atoms with Crippen molar-refractivity contribution in [2.24, 2.45) is 11.8 Å². The molecule has 0 radical (unpaired) electrons. The van der Waals surface area contributed by atoms with Gasteiger partial charge in [-0.05, 0) is 36.8 Å². The lowest BCUT2D eigenvalue weighted by molar-refractivity contribution is -0.152. The van der Waals surface area contributed by atoms with E-state index in [2.05, 4.69) is 12.2 Å². The maximum absolute atomic E-state index is 12.8. The molecule has 0 bridgehead atoms. The van der Waals surface area contributed by atoms with Crippen molar-refractivity contribution in [1.29, 1.82) is 0 Å². The third kappa shape index (κ3) is 3.08. The van der Waals surface area contributed by atoms with E-state index in [1.165, 1.54) is 14.2 Å². The predicted octanol–water partition coefficient (Wildman–Crippen LogP) is 2.00. The minimum absolute atomic E-state index is 0.288. The van der Waals surface area contributed by atoms with Crippen LogP contribution in [0.25, 0.3) is 0 Å². The Morgan fingerprint density at radius 3 is 2.61 bits per heavy atom. The SMILES string of the molecule is CCCSc1ccc([C@H]2N[C@@](C)(C(=O)OC)[C@H]3C(=O)N(C)C(=O)[C@@H]23)cc1OC. The number of nitrogens with zero attached hydrogens (tertiary/aromatic N) is 1. The van der Waals surface area contributed by atoms with Gasteiger partial charge in [0.1, 0.15) is 11.3 Å². The van der Waals surface area contributed by atoms with E-state index in [-0.39, 0.29) is 11.8 Å². The summed E-state index contributed by atoms with van der Waals surface area (Å²) in [7, 11) is 4.35. The maximum atomic E-state index is 12.8. The number of methoxy groups -OCH3 is 2.